The Labute approximate surface area is 175 Å². The minimum Gasteiger partial charge on any atom is -0.508 e. The summed E-state index contributed by atoms with van der Waals surface area (Å²) in [5.41, 5.74) is -0.449. The van der Waals surface area contributed by atoms with Gasteiger partial charge in [-0.3, -0.25) is 9.69 Å². The Balaban J connectivity index is 1.75. The number of rotatable bonds is 7. The van der Waals surface area contributed by atoms with Crippen LogP contribution in [0.3, 0.4) is 0 Å². The van der Waals surface area contributed by atoms with Gasteiger partial charge in [0.15, 0.2) is 0 Å². The summed E-state index contributed by atoms with van der Waals surface area (Å²) in [6.07, 6.45) is -3.06. The average Bonchev–Trinajstić information content (AvgIpc) is 3.17. The molecule has 0 radical (unpaired) electrons. The van der Waals surface area contributed by atoms with Gasteiger partial charge in [0.05, 0.1) is 35.6 Å². The first kappa shape index (κ1) is 21.7. The molecule has 1 aromatic heterocycles. The first-order chi connectivity index (χ1) is 14.2. The van der Waals surface area contributed by atoms with E-state index in [-0.39, 0.29) is 36.1 Å². The molecule has 1 heterocycles. The molecule has 5 nitrogen and oxygen atoms in total. The zero-order valence-electron chi connectivity index (χ0n) is 15.6. The van der Waals surface area contributed by atoms with E-state index >= 15 is 0 Å². The highest BCUT2D eigenvalue weighted by Gasteiger charge is 2.31. The number of alkyl halides is 3. The standard InChI is InChI=1S/C21H18ClF3N2O3/c22-17-8-7-15(21(23,24)25)10-18(17)26-20(29)13-27(12-16-5-3-9-30-16)11-14-4-1-2-6-19(14)28/h1-10,28H,11-13H2,(H,26,29). The number of amides is 1. The number of hydrogen-bond acceptors (Lipinski definition) is 4. The summed E-state index contributed by atoms with van der Waals surface area (Å²) in [6, 6.07) is 12.8. The van der Waals surface area contributed by atoms with Crippen molar-refractivity contribution in [3.05, 3.63) is 82.8 Å². The lowest BCUT2D eigenvalue weighted by Crippen LogP contribution is -2.32. The molecule has 158 valence electrons. The van der Waals surface area contributed by atoms with Gasteiger partial charge in [-0.15, -0.1) is 0 Å². The number of hydrogen-bond donors (Lipinski definition) is 2. The van der Waals surface area contributed by atoms with Crippen molar-refractivity contribution < 1.29 is 27.5 Å². The summed E-state index contributed by atoms with van der Waals surface area (Å²) >= 11 is 5.95. The monoisotopic (exact) mass is 438 g/mol. The van der Waals surface area contributed by atoms with Gasteiger partial charge in [-0.1, -0.05) is 29.8 Å². The molecule has 0 saturated carbocycles. The van der Waals surface area contributed by atoms with Crippen LogP contribution in [0.25, 0.3) is 0 Å². The fraction of sp³-hybridized carbons (Fsp3) is 0.190. The maximum atomic E-state index is 12.9. The van der Waals surface area contributed by atoms with Gasteiger partial charge in [0, 0.05) is 12.1 Å². The van der Waals surface area contributed by atoms with E-state index in [1.54, 1.807) is 35.2 Å². The summed E-state index contributed by atoms with van der Waals surface area (Å²) in [4.78, 5) is 14.2. The van der Waals surface area contributed by atoms with Crippen molar-refractivity contribution >= 4 is 23.2 Å². The van der Waals surface area contributed by atoms with E-state index in [1.807, 2.05) is 0 Å². The molecule has 0 spiro atoms. The first-order valence-corrected chi connectivity index (χ1v) is 9.28. The minimum absolute atomic E-state index is 0.00496. The molecule has 3 aromatic rings. The molecule has 0 unspecified atom stereocenters. The molecule has 1 amide bonds. The van der Waals surface area contributed by atoms with E-state index in [9.17, 15) is 23.1 Å². The van der Waals surface area contributed by atoms with Crippen molar-refractivity contribution in [1.82, 2.24) is 4.90 Å². The molecule has 0 aliphatic heterocycles. The van der Waals surface area contributed by atoms with Crippen LogP contribution in [0.5, 0.6) is 5.75 Å². The van der Waals surface area contributed by atoms with Crippen molar-refractivity contribution in [2.75, 3.05) is 11.9 Å². The highest BCUT2D eigenvalue weighted by Crippen LogP contribution is 2.33. The molecular formula is C21H18ClF3N2O3. The van der Waals surface area contributed by atoms with Crippen LogP contribution >= 0.6 is 11.6 Å². The second-order valence-electron chi connectivity index (χ2n) is 6.59. The number of phenolic OH excluding ortho intramolecular Hbond substituents is 1. The molecule has 30 heavy (non-hydrogen) atoms. The lowest BCUT2D eigenvalue weighted by atomic mass is 10.1. The largest absolute Gasteiger partial charge is 0.508 e. The van der Waals surface area contributed by atoms with Gasteiger partial charge in [-0.2, -0.15) is 13.2 Å². The molecule has 0 atom stereocenters. The predicted octanol–water partition coefficient (Wildman–Crippen LogP) is 5.30. The number of nitrogens with zero attached hydrogens (tertiary/aromatic N) is 1. The van der Waals surface area contributed by atoms with Gasteiger partial charge in [0.2, 0.25) is 5.91 Å². The molecular weight excluding hydrogens is 421 g/mol. The topological polar surface area (TPSA) is 65.7 Å². The number of aromatic hydroxyl groups is 1. The number of benzene rings is 2. The molecule has 3 rings (SSSR count). The van der Waals surface area contributed by atoms with Gasteiger partial charge in [0.1, 0.15) is 11.5 Å². The highest BCUT2D eigenvalue weighted by atomic mass is 35.5. The Morgan fingerprint density at radius 1 is 1.10 bits per heavy atom. The number of furan rings is 1. The van der Waals surface area contributed by atoms with Crippen LogP contribution < -0.4 is 5.32 Å². The Morgan fingerprint density at radius 3 is 2.53 bits per heavy atom. The van der Waals surface area contributed by atoms with E-state index < -0.39 is 17.6 Å². The number of carbonyl (C=O) groups excluding carboxylic acids is 1. The number of phenols is 1. The van der Waals surface area contributed by atoms with Crippen LogP contribution in [0.2, 0.25) is 5.02 Å². The molecule has 2 aromatic carbocycles. The SMILES string of the molecule is O=C(CN(Cc1ccco1)Cc1ccccc1O)Nc1cc(C(F)(F)F)ccc1Cl. The van der Waals surface area contributed by atoms with Crippen LogP contribution in [0.1, 0.15) is 16.9 Å². The second-order valence-corrected chi connectivity index (χ2v) is 7.00. The van der Waals surface area contributed by atoms with Crippen molar-refractivity contribution in [2.24, 2.45) is 0 Å². The maximum absolute atomic E-state index is 12.9. The summed E-state index contributed by atoms with van der Waals surface area (Å²) in [5.74, 6) is 0.108. The minimum atomic E-state index is -4.56. The van der Waals surface area contributed by atoms with E-state index in [4.69, 9.17) is 16.0 Å². The van der Waals surface area contributed by atoms with Crippen molar-refractivity contribution in [2.45, 2.75) is 19.3 Å². The summed E-state index contributed by atoms with van der Waals surface area (Å²) in [6.45, 7) is 0.309. The third-order valence-electron chi connectivity index (χ3n) is 4.28. The Kier molecular flexibility index (Phi) is 6.69. The zero-order chi connectivity index (χ0) is 21.7. The quantitative estimate of drug-likeness (QED) is 0.525. The maximum Gasteiger partial charge on any atom is 0.416 e. The first-order valence-electron chi connectivity index (χ1n) is 8.90. The van der Waals surface area contributed by atoms with Crippen LogP contribution in [0, 0.1) is 0 Å². The van der Waals surface area contributed by atoms with E-state index in [1.165, 1.54) is 12.3 Å². The molecule has 9 heteroatoms. The van der Waals surface area contributed by atoms with Crippen LogP contribution in [-0.4, -0.2) is 22.5 Å². The lowest BCUT2D eigenvalue weighted by molar-refractivity contribution is -0.137. The number of carbonyl (C=O) groups is 1. The van der Waals surface area contributed by atoms with Gasteiger partial charge < -0.3 is 14.8 Å². The number of halogens is 4. The molecule has 0 saturated heterocycles. The van der Waals surface area contributed by atoms with Crippen LogP contribution in [0.15, 0.2) is 65.3 Å². The summed E-state index contributed by atoms with van der Waals surface area (Å²) < 4.78 is 44.1. The number of para-hydroxylation sites is 1. The lowest BCUT2D eigenvalue weighted by Gasteiger charge is -2.21. The van der Waals surface area contributed by atoms with Gasteiger partial charge in [0.25, 0.3) is 0 Å². The molecule has 0 aliphatic rings. The molecule has 0 fully saturated rings. The van der Waals surface area contributed by atoms with Crippen molar-refractivity contribution in [1.29, 1.82) is 0 Å². The Bertz CT molecular complexity index is 1010. The Morgan fingerprint density at radius 2 is 1.87 bits per heavy atom. The van der Waals surface area contributed by atoms with Crippen LogP contribution in [0.4, 0.5) is 18.9 Å². The van der Waals surface area contributed by atoms with Crippen molar-refractivity contribution in [3.8, 4) is 5.75 Å². The highest BCUT2D eigenvalue weighted by molar-refractivity contribution is 6.33. The average molecular weight is 439 g/mol. The molecule has 2 N–H and O–H groups in total. The fourth-order valence-corrected chi connectivity index (χ4v) is 3.03. The van der Waals surface area contributed by atoms with Crippen LogP contribution in [-0.2, 0) is 24.1 Å². The van der Waals surface area contributed by atoms with Crippen molar-refractivity contribution in [3.63, 3.8) is 0 Å². The Hall–Kier alpha value is -2.97. The van der Waals surface area contributed by atoms with E-state index in [0.29, 0.717) is 11.3 Å². The third-order valence-corrected chi connectivity index (χ3v) is 4.61. The summed E-state index contributed by atoms with van der Waals surface area (Å²) in [7, 11) is 0. The number of nitrogens with one attached hydrogen (secondary N) is 1. The van der Waals surface area contributed by atoms with Gasteiger partial charge in [-0.05, 0) is 36.4 Å². The normalized spacial score (nSPS) is 11.6. The van der Waals surface area contributed by atoms with Gasteiger partial charge >= 0.3 is 6.18 Å². The molecule has 0 bridgehead atoms. The predicted molar refractivity (Wildman–Crippen MR) is 106 cm³/mol. The fourth-order valence-electron chi connectivity index (χ4n) is 2.87. The molecule has 0 aliphatic carbocycles. The smallest absolute Gasteiger partial charge is 0.416 e. The van der Waals surface area contributed by atoms with Gasteiger partial charge in [-0.25, -0.2) is 0 Å². The second kappa shape index (κ2) is 9.23. The zero-order valence-corrected chi connectivity index (χ0v) is 16.4. The third kappa shape index (κ3) is 5.77. The van der Waals surface area contributed by atoms with E-state index in [0.717, 1.165) is 18.2 Å². The number of anilines is 1. The van der Waals surface area contributed by atoms with E-state index in [2.05, 4.69) is 5.32 Å². The summed E-state index contributed by atoms with van der Waals surface area (Å²) in [5, 5.41) is 12.4.